The Balaban J connectivity index is 2.00. The van der Waals surface area contributed by atoms with E-state index in [1.165, 1.54) is 12.1 Å². The first-order chi connectivity index (χ1) is 21.3. The Kier molecular flexibility index (Phi) is 7.18. The molecular formula is C26H18N4O12S4. The Labute approximate surface area is 259 Å². The van der Waals surface area contributed by atoms with Gasteiger partial charge in [-0.25, -0.2) is 9.97 Å². The maximum Gasteiger partial charge on any atom is 0.298 e. The molecule has 0 aliphatic carbocycles. The van der Waals surface area contributed by atoms with E-state index >= 15 is 0 Å². The van der Waals surface area contributed by atoms with Crippen LogP contribution in [0, 0.1) is 0 Å². The molecule has 20 heteroatoms. The lowest BCUT2D eigenvalue weighted by molar-refractivity contribution is 0.480. The normalized spacial score (nSPS) is 13.7. The zero-order valence-electron chi connectivity index (χ0n) is 22.5. The molecule has 5 heterocycles. The monoisotopic (exact) mass is 706 g/mol. The molecular weight excluding hydrogens is 689 g/mol. The number of aromatic nitrogens is 4. The summed E-state index contributed by atoms with van der Waals surface area (Å²) < 4.78 is 143. The molecule has 0 radical (unpaired) electrons. The number of nitrogens with zero attached hydrogens (tertiary/aromatic N) is 2. The van der Waals surface area contributed by atoms with Crippen LogP contribution < -0.4 is 0 Å². The minimum Gasteiger partial charge on any atom is -0.353 e. The quantitative estimate of drug-likeness (QED) is 0.140. The summed E-state index contributed by atoms with van der Waals surface area (Å²) in [7, 11) is -20.9. The van der Waals surface area contributed by atoms with Gasteiger partial charge >= 0.3 is 0 Å². The summed E-state index contributed by atoms with van der Waals surface area (Å²) in [5.74, 6) is 0. The number of aromatic amines is 2. The molecule has 6 rings (SSSR count). The second-order valence-electron chi connectivity index (χ2n) is 9.77. The fraction of sp³-hybridized carbons (Fsp3) is 0. The van der Waals surface area contributed by atoms with Crippen LogP contribution >= 0.6 is 0 Å². The van der Waals surface area contributed by atoms with Crippen molar-refractivity contribution in [2.75, 3.05) is 0 Å². The summed E-state index contributed by atoms with van der Waals surface area (Å²) in [5.41, 5.74) is -3.82. The molecule has 6 N–H and O–H groups in total. The highest BCUT2D eigenvalue weighted by atomic mass is 32.2. The molecule has 0 fully saturated rings. The Bertz CT molecular complexity index is 2680. The molecule has 2 aliphatic heterocycles. The minimum absolute atomic E-state index is 0.0314. The summed E-state index contributed by atoms with van der Waals surface area (Å²) in [6, 6.07) is 11.0. The maximum atomic E-state index is 12.9. The highest BCUT2D eigenvalue weighted by Gasteiger charge is 2.29. The lowest BCUT2D eigenvalue weighted by Gasteiger charge is -2.04. The van der Waals surface area contributed by atoms with Gasteiger partial charge in [0.1, 0.15) is 19.6 Å². The van der Waals surface area contributed by atoms with Crippen LogP contribution in [0.1, 0.15) is 22.8 Å². The fourth-order valence-corrected chi connectivity index (χ4v) is 8.22. The largest absolute Gasteiger partial charge is 0.353 e. The summed E-state index contributed by atoms with van der Waals surface area (Å²) >= 11 is 0. The van der Waals surface area contributed by atoms with Crippen molar-refractivity contribution in [2.45, 2.75) is 19.6 Å². The molecule has 0 saturated carbocycles. The minimum atomic E-state index is -5.27. The van der Waals surface area contributed by atoms with Crippen LogP contribution in [-0.4, -0.2) is 71.8 Å². The van der Waals surface area contributed by atoms with E-state index in [9.17, 15) is 51.9 Å². The Hall–Kier alpha value is -4.54. The van der Waals surface area contributed by atoms with Crippen molar-refractivity contribution in [3.8, 4) is 11.1 Å². The van der Waals surface area contributed by atoms with Gasteiger partial charge in [0.15, 0.2) is 0 Å². The first-order valence-electron chi connectivity index (χ1n) is 12.5. The third-order valence-electron chi connectivity index (χ3n) is 6.79. The van der Waals surface area contributed by atoms with Gasteiger partial charge in [-0.05, 0) is 48.1 Å². The molecule has 3 aromatic heterocycles. The highest BCUT2D eigenvalue weighted by Crippen LogP contribution is 2.36. The van der Waals surface area contributed by atoms with Gasteiger partial charge in [-0.15, -0.1) is 0 Å². The summed E-state index contributed by atoms with van der Waals surface area (Å²) in [5, 5.41) is 0. The van der Waals surface area contributed by atoms with Crippen LogP contribution in [-0.2, 0) is 40.5 Å². The second kappa shape index (κ2) is 10.5. The van der Waals surface area contributed by atoms with Crippen molar-refractivity contribution >= 4 is 86.8 Å². The molecule has 46 heavy (non-hydrogen) atoms. The van der Waals surface area contributed by atoms with Gasteiger partial charge in [-0.1, -0.05) is 30.3 Å². The standard InChI is InChI=1S/C26H18N4O12S4/c31-43(32,33)23-15-6-7-16(27-15)24(44(34,35)36)18-10-11-20(29-18)26(46(40,41)42)22-14(13-4-2-1-3-5-13)12-21(30-22)25(45(37,38)39)19-9-8-17(23)28-19/h1-12,28,30H,(H,31,32,33)(H,34,35,36)(H,37,38,39)(H,40,41,42). The lowest BCUT2D eigenvalue weighted by atomic mass is 10.1. The molecule has 4 aromatic rings. The molecule has 8 bridgehead atoms. The number of hydrogen-bond acceptors (Lipinski definition) is 10. The maximum absolute atomic E-state index is 12.9. The van der Waals surface area contributed by atoms with Crippen LogP contribution in [0.3, 0.4) is 0 Å². The average molecular weight is 707 g/mol. The number of fused-ring (bicyclic) bond motifs is 8. The first-order valence-corrected chi connectivity index (χ1v) is 18.3. The van der Waals surface area contributed by atoms with Crippen LogP contribution in [0.15, 0.2) is 68.1 Å². The second-order valence-corrected chi connectivity index (χ2v) is 15.2. The molecule has 0 atom stereocenters. The van der Waals surface area contributed by atoms with E-state index in [1.807, 2.05) is 0 Å². The molecule has 0 amide bonds. The predicted molar refractivity (Wildman–Crippen MR) is 164 cm³/mol. The lowest BCUT2D eigenvalue weighted by Crippen LogP contribution is -2.05. The average Bonchev–Trinajstić information content (AvgIpc) is 3.72. The van der Waals surface area contributed by atoms with Gasteiger partial charge < -0.3 is 9.97 Å². The van der Waals surface area contributed by atoms with E-state index in [0.717, 1.165) is 42.5 Å². The summed E-state index contributed by atoms with van der Waals surface area (Å²) in [4.78, 5) is 9.26. The van der Waals surface area contributed by atoms with E-state index in [1.54, 1.807) is 18.2 Å². The Morgan fingerprint density at radius 2 is 0.913 bits per heavy atom. The van der Waals surface area contributed by atoms with Crippen LogP contribution in [0.4, 0.5) is 0 Å². The van der Waals surface area contributed by atoms with E-state index in [4.69, 9.17) is 0 Å². The number of nitrogens with one attached hydrogen (secondary N) is 2. The van der Waals surface area contributed by atoms with Gasteiger partial charge in [0.25, 0.3) is 40.5 Å². The molecule has 1 aromatic carbocycles. The van der Waals surface area contributed by atoms with Crippen molar-refractivity contribution < 1.29 is 51.9 Å². The third-order valence-corrected chi connectivity index (χ3v) is 10.6. The number of benzene rings is 1. The van der Waals surface area contributed by atoms with Crippen LogP contribution in [0.5, 0.6) is 0 Å². The van der Waals surface area contributed by atoms with Gasteiger partial charge in [0, 0.05) is 5.56 Å². The third kappa shape index (κ3) is 5.56. The number of rotatable bonds is 5. The van der Waals surface area contributed by atoms with Crippen molar-refractivity contribution in [2.24, 2.45) is 0 Å². The highest BCUT2D eigenvalue weighted by molar-refractivity contribution is 7.87. The zero-order valence-corrected chi connectivity index (χ0v) is 25.8. The van der Waals surface area contributed by atoms with Crippen molar-refractivity contribution in [3.63, 3.8) is 0 Å². The topological polar surface area (TPSA) is 275 Å². The van der Waals surface area contributed by atoms with Crippen molar-refractivity contribution in [1.82, 2.24) is 19.9 Å². The van der Waals surface area contributed by atoms with Gasteiger partial charge in [0.2, 0.25) is 0 Å². The first kappa shape index (κ1) is 31.4. The molecule has 238 valence electrons. The number of H-pyrrole nitrogens is 2. The van der Waals surface area contributed by atoms with Crippen molar-refractivity contribution in [1.29, 1.82) is 0 Å². The molecule has 2 aliphatic rings. The molecule has 0 unspecified atom stereocenters. The van der Waals surface area contributed by atoms with Crippen molar-refractivity contribution in [3.05, 3.63) is 71.3 Å². The van der Waals surface area contributed by atoms with Crippen LogP contribution in [0.2, 0.25) is 0 Å². The van der Waals surface area contributed by atoms with E-state index in [0.29, 0.717) is 0 Å². The van der Waals surface area contributed by atoms with Gasteiger partial charge in [-0.3, -0.25) is 18.2 Å². The van der Waals surface area contributed by atoms with Crippen LogP contribution in [0.25, 0.3) is 57.5 Å². The fourth-order valence-electron chi connectivity index (χ4n) is 5.11. The summed E-state index contributed by atoms with van der Waals surface area (Å²) in [6.07, 6.45) is 3.90. The molecule has 16 nitrogen and oxygen atoms in total. The molecule has 0 saturated heterocycles. The molecule has 0 spiro atoms. The SMILES string of the molecule is O=S(=O)(O)c1c2nc(c(S(=O)(=O)O)c3ccc([nH]3)c(S(=O)(=O)O)c3cc(-c4ccccc4)c([nH]3)c(S(=O)(=O)O)c3nc1C=C3)C=C2. The number of hydrogen-bond donors (Lipinski definition) is 6. The smallest absolute Gasteiger partial charge is 0.298 e. The Morgan fingerprint density at radius 1 is 0.478 bits per heavy atom. The Morgan fingerprint density at radius 3 is 1.39 bits per heavy atom. The van der Waals surface area contributed by atoms with E-state index in [2.05, 4.69) is 19.9 Å². The predicted octanol–water partition coefficient (Wildman–Crippen LogP) is 3.31. The van der Waals surface area contributed by atoms with E-state index in [-0.39, 0.29) is 11.1 Å². The van der Waals surface area contributed by atoms with Gasteiger partial charge in [-0.2, -0.15) is 33.7 Å². The summed E-state index contributed by atoms with van der Waals surface area (Å²) in [6.45, 7) is 0. The van der Waals surface area contributed by atoms with E-state index < -0.39 is 105 Å². The zero-order chi connectivity index (χ0) is 33.4. The van der Waals surface area contributed by atoms with Gasteiger partial charge in [0.05, 0.1) is 44.8 Å².